The van der Waals surface area contributed by atoms with Crippen LogP contribution < -0.4 is 26.0 Å². The molecule has 24 nitrogen and oxygen atoms in total. The van der Waals surface area contributed by atoms with Crippen LogP contribution in [0.5, 0.6) is 5.75 Å². The SMILES string of the molecule is N#C[C@@H]1CCCN1C(=O)CNC(=O)c1ccnc2ccc(OCCCNC(=O)[C@H](CCNC(=O)c3ccc(F)nc3)NC(=O)CN3CCN4CCN5CCN(CC3)CC(=O)[O][In]([O]C(=O)C4)[O]C(=O)C5)cc12. The van der Waals surface area contributed by atoms with E-state index < -0.39 is 82.3 Å². The third-order valence-corrected chi connectivity index (χ3v) is 16.3. The summed E-state index contributed by atoms with van der Waals surface area (Å²) in [6.07, 6.45) is 4.18. The molecule has 2 unspecified atom stereocenters. The summed E-state index contributed by atoms with van der Waals surface area (Å²) >= 11 is -4.31. The Morgan fingerprint density at radius 3 is 2.11 bits per heavy atom. The van der Waals surface area contributed by atoms with Crippen molar-refractivity contribution < 1.29 is 56.0 Å². The van der Waals surface area contributed by atoms with Gasteiger partial charge in [-0.1, -0.05) is 0 Å². The Morgan fingerprint density at radius 2 is 1.47 bits per heavy atom. The number of nitrogens with one attached hydrogen (secondary N) is 4. The van der Waals surface area contributed by atoms with Gasteiger partial charge in [0, 0.05) is 37.4 Å². The summed E-state index contributed by atoms with van der Waals surface area (Å²) in [5.74, 6) is -4.77. The average Bonchev–Trinajstić information content (AvgIpc) is 3.83. The van der Waals surface area contributed by atoms with Crippen LogP contribution in [0.2, 0.25) is 0 Å². The molecule has 4 bridgehead atoms. The number of hydrogen-bond acceptors (Lipinski definition) is 19. The molecule has 0 spiro atoms. The molecule has 2 aromatic heterocycles. The molecule has 3 aromatic rings. The van der Waals surface area contributed by atoms with Crippen LogP contribution >= 0.6 is 0 Å². The second-order valence-electron chi connectivity index (χ2n) is 17.5. The van der Waals surface area contributed by atoms with E-state index in [1.165, 1.54) is 23.2 Å². The van der Waals surface area contributed by atoms with Gasteiger partial charge in [0.2, 0.25) is 11.9 Å². The van der Waals surface area contributed by atoms with Crippen molar-refractivity contribution in [3.63, 3.8) is 0 Å². The van der Waals surface area contributed by atoms with Crippen LogP contribution in [0.1, 0.15) is 46.4 Å². The zero-order valence-corrected chi connectivity index (χ0v) is 42.9. The standard InChI is InChI=1S/C46H59FN12O12.In/c47-38-7-4-31(25-52-38)44(68)51-12-9-37(54-39(60)27-55-14-16-56(28-41(62)63)18-20-58(30-43(66)67)21-19-57(17-15-55)29-42(64)65)46(70)50-10-2-22-71-33-5-6-36-35(23-33)34(8-11-49-36)45(69)53-26-40(61)59-13-1-3-32(59)24-48;/h4-8,11,23,25,32,37H,1-3,9-10,12-22,26-30H2,(H,50,70)(H,51,68)(H,53,69)(H,54,60)(H,62,63)(H,64,65)(H,66,67);/q;+3/p-3/t32-,37-;/m0./s1. The second-order valence-corrected chi connectivity index (χ2v) is 21.2. The first-order valence-electron chi connectivity index (χ1n) is 23.7. The largest absolute Gasteiger partial charge is 0.0166 e. The van der Waals surface area contributed by atoms with Gasteiger partial charge in [0.25, 0.3) is 11.8 Å². The zero-order valence-electron chi connectivity index (χ0n) is 39.6. The molecule has 382 valence electrons. The Labute approximate surface area is 423 Å². The number of carbonyl (C=O) groups is 8. The summed E-state index contributed by atoms with van der Waals surface area (Å²) in [5.41, 5.74) is 0.890. The maximum atomic E-state index is 13.9. The summed E-state index contributed by atoms with van der Waals surface area (Å²) in [6.45, 7) is 2.78. The summed E-state index contributed by atoms with van der Waals surface area (Å²) in [6, 6.07) is 9.37. The van der Waals surface area contributed by atoms with Gasteiger partial charge in [0.05, 0.1) is 35.9 Å². The molecule has 6 heterocycles. The molecule has 4 N–H and O–H groups in total. The van der Waals surface area contributed by atoms with Crippen molar-refractivity contribution >= 4 is 81.1 Å². The van der Waals surface area contributed by atoms with Crippen LogP contribution in [0.3, 0.4) is 0 Å². The van der Waals surface area contributed by atoms with Crippen LogP contribution in [0.4, 0.5) is 4.39 Å². The smallest absolute Gasteiger partial charge is 0.00973 e. The zero-order chi connectivity index (χ0) is 51.0. The van der Waals surface area contributed by atoms with Crippen LogP contribution in [-0.4, -0.2) is 228 Å². The van der Waals surface area contributed by atoms with Gasteiger partial charge < -0.3 is 25.6 Å². The Morgan fingerprint density at radius 1 is 0.806 bits per heavy atom. The fourth-order valence-corrected chi connectivity index (χ4v) is 11.4. The quantitative estimate of drug-likeness (QED) is 0.0897. The maximum Gasteiger partial charge on any atom is 0.0166 e. The van der Waals surface area contributed by atoms with Gasteiger partial charge in [0.15, 0.2) is 0 Å². The van der Waals surface area contributed by atoms with Crippen molar-refractivity contribution in [3.05, 3.63) is 65.9 Å². The molecule has 0 aliphatic carbocycles. The molecule has 72 heavy (non-hydrogen) atoms. The van der Waals surface area contributed by atoms with E-state index >= 15 is 0 Å². The number of pyridine rings is 2. The number of amides is 5. The van der Waals surface area contributed by atoms with E-state index in [2.05, 4.69) is 37.3 Å². The van der Waals surface area contributed by atoms with Gasteiger partial charge in [-0.3, -0.25) is 24.2 Å². The molecule has 4 aliphatic heterocycles. The summed E-state index contributed by atoms with van der Waals surface area (Å²) in [5, 5.41) is 20.8. The number of benzene rings is 1. The molecule has 7 rings (SSSR count). The number of fused-ring (bicyclic) bond motifs is 8. The number of aromatic nitrogens is 2. The number of carbonyl (C=O) groups excluding carboxylic acids is 8. The number of rotatable bonds is 16. The van der Waals surface area contributed by atoms with E-state index in [-0.39, 0.29) is 75.9 Å². The molecule has 4 aliphatic rings. The maximum absolute atomic E-state index is 13.9. The molecule has 1 aromatic carbocycles. The minimum Gasteiger partial charge on any atom is -0.00973 e. The van der Waals surface area contributed by atoms with Crippen LogP contribution in [0, 0.1) is 17.3 Å². The van der Waals surface area contributed by atoms with Gasteiger partial charge >= 0.3 is 196 Å². The van der Waals surface area contributed by atoms with E-state index in [9.17, 15) is 48.0 Å². The fraction of sp³-hybridized carbons (Fsp3) is 0.500. The molecule has 4 fully saturated rings. The Kier molecular flexibility index (Phi) is 19.4. The molecule has 5 amide bonds. The molecule has 4 saturated heterocycles. The normalized spacial score (nSPS) is 21.2. The van der Waals surface area contributed by atoms with Crippen molar-refractivity contribution in [2.75, 3.05) is 111 Å². The predicted octanol–water partition coefficient (Wildman–Crippen LogP) is -1.93. The predicted molar refractivity (Wildman–Crippen MR) is 250 cm³/mol. The number of ether oxygens (including phenoxy) is 1. The molecular formula is C46H56FInN12O12. The van der Waals surface area contributed by atoms with Gasteiger partial charge in [-0.05, 0) is 55.7 Å². The van der Waals surface area contributed by atoms with Crippen molar-refractivity contribution in [2.24, 2.45) is 0 Å². The van der Waals surface area contributed by atoms with Crippen molar-refractivity contribution in [1.82, 2.24) is 55.7 Å². The first-order valence-corrected chi connectivity index (χ1v) is 27.8. The van der Waals surface area contributed by atoms with Gasteiger partial charge in [-0.15, -0.1) is 0 Å². The third kappa shape index (κ3) is 15.7. The molecule has 0 radical (unpaired) electrons. The van der Waals surface area contributed by atoms with E-state index in [1.54, 1.807) is 18.2 Å². The molecule has 26 heteroatoms. The number of hydrogen-bond donors (Lipinski definition) is 4. The van der Waals surface area contributed by atoms with Crippen molar-refractivity contribution in [1.29, 1.82) is 5.26 Å². The van der Waals surface area contributed by atoms with E-state index in [0.717, 1.165) is 18.7 Å². The molecule has 0 saturated carbocycles. The molecular weight excluding hydrogens is 1050 g/mol. The van der Waals surface area contributed by atoms with Gasteiger partial charge in [-0.2, -0.15) is 9.65 Å². The Balaban J connectivity index is 0.956. The first-order chi connectivity index (χ1) is 34.8. The summed E-state index contributed by atoms with van der Waals surface area (Å²) in [4.78, 5) is 122. The summed E-state index contributed by atoms with van der Waals surface area (Å²) < 4.78 is 35.7. The first kappa shape index (κ1) is 53.3. The monoisotopic (exact) mass is 1100 g/mol. The van der Waals surface area contributed by atoms with E-state index in [4.69, 9.17) is 13.3 Å². The number of nitrogens with zero attached hydrogens (tertiary/aromatic N) is 8. The number of nitriles is 1. The molecule has 4 atom stereocenters. The van der Waals surface area contributed by atoms with E-state index in [0.29, 0.717) is 88.4 Å². The topological polar surface area (TPSA) is 287 Å². The fourth-order valence-electron chi connectivity index (χ4n) is 8.48. The van der Waals surface area contributed by atoms with Gasteiger partial charge in [-0.25, -0.2) is 4.98 Å². The average molecular weight is 1100 g/mol. The minimum atomic E-state index is -4.31. The van der Waals surface area contributed by atoms with Crippen molar-refractivity contribution in [3.8, 4) is 11.8 Å². The minimum absolute atomic E-state index is 0.0250. The van der Waals surface area contributed by atoms with Crippen LogP contribution in [-0.2, 0) is 37.3 Å². The third-order valence-electron chi connectivity index (χ3n) is 12.4. The number of halogens is 1. The van der Waals surface area contributed by atoms with Gasteiger partial charge in [0.1, 0.15) is 11.8 Å². The Hall–Kier alpha value is -6.53. The van der Waals surface area contributed by atoms with Crippen molar-refractivity contribution in [2.45, 2.75) is 37.8 Å². The summed E-state index contributed by atoms with van der Waals surface area (Å²) in [7, 11) is 0. The van der Waals surface area contributed by atoms with E-state index in [1.807, 2.05) is 19.6 Å². The Bertz CT molecular complexity index is 2480. The van der Waals surface area contributed by atoms with Crippen LogP contribution in [0.15, 0.2) is 48.8 Å². The van der Waals surface area contributed by atoms with Crippen LogP contribution in [0.25, 0.3) is 10.9 Å². The second kappa shape index (κ2) is 26.2. The number of likely N-dealkylation sites (tertiary alicyclic amines) is 1.